The Morgan fingerprint density at radius 3 is 2.71 bits per heavy atom. The molecule has 3 aromatic rings. The topological polar surface area (TPSA) is 65.4 Å². The van der Waals surface area contributed by atoms with E-state index in [0.29, 0.717) is 30.4 Å². The van der Waals surface area contributed by atoms with Crippen molar-refractivity contribution in [2.45, 2.75) is 25.8 Å². The van der Waals surface area contributed by atoms with Gasteiger partial charge in [-0.2, -0.15) is 5.10 Å². The van der Waals surface area contributed by atoms with Crippen LogP contribution in [0.15, 0.2) is 54.6 Å². The number of nitrogens with one attached hydrogen (secondary N) is 1. The minimum atomic E-state index is -0.208. The van der Waals surface area contributed by atoms with Crippen LogP contribution in [-0.4, -0.2) is 22.8 Å². The second-order valence-electron chi connectivity index (χ2n) is 6.58. The highest BCUT2D eigenvalue weighted by Gasteiger charge is 2.24. The predicted octanol–water partition coefficient (Wildman–Crippen LogP) is 3.75. The largest absolute Gasteiger partial charge is 0.497 e. The molecule has 0 fully saturated rings. The van der Waals surface area contributed by atoms with Crippen LogP contribution < -0.4 is 10.1 Å². The lowest BCUT2D eigenvalue weighted by molar-refractivity contribution is -0.00119. The molecule has 1 aliphatic heterocycles. The van der Waals surface area contributed by atoms with Gasteiger partial charge >= 0.3 is 0 Å². The van der Waals surface area contributed by atoms with Gasteiger partial charge < -0.3 is 14.8 Å². The zero-order chi connectivity index (χ0) is 19.5. The number of methoxy groups -OCH3 is 1. The summed E-state index contributed by atoms with van der Waals surface area (Å²) in [6.45, 7) is 1.39. The van der Waals surface area contributed by atoms with Crippen molar-refractivity contribution >= 4 is 17.5 Å². The van der Waals surface area contributed by atoms with Crippen molar-refractivity contribution in [3.05, 3.63) is 82.1 Å². The summed E-state index contributed by atoms with van der Waals surface area (Å²) in [5.74, 6) is 0.577. The molecule has 2 aromatic carbocycles. The number of halogens is 1. The van der Waals surface area contributed by atoms with Crippen molar-refractivity contribution in [3.8, 4) is 5.75 Å². The van der Waals surface area contributed by atoms with Crippen LogP contribution in [0.5, 0.6) is 5.75 Å². The number of hydrogen-bond acceptors (Lipinski definition) is 4. The molecule has 4 rings (SSSR count). The number of nitrogens with zero attached hydrogens (tertiary/aromatic N) is 2. The van der Waals surface area contributed by atoms with Crippen molar-refractivity contribution < 1.29 is 14.3 Å². The number of amides is 1. The molecule has 1 aromatic heterocycles. The van der Waals surface area contributed by atoms with E-state index in [9.17, 15) is 4.79 Å². The fourth-order valence-electron chi connectivity index (χ4n) is 3.13. The van der Waals surface area contributed by atoms with Gasteiger partial charge in [0.1, 0.15) is 11.9 Å². The van der Waals surface area contributed by atoms with E-state index in [0.717, 1.165) is 22.6 Å². The summed E-state index contributed by atoms with van der Waals surface area (Å²) in [6.07, 6.45) is -0.111. The lowest BCUT2D eigenvalue weighted by atomic mass is 10.1. The van der Waals surface area contributed by atoms with E-state index in [1.165, 1.54) is 0 Å². The van der Waals surface area contributed by atoms with Crippen molar-refractivity contribution in [1.29, 1.82) is 0 Å². The fourth-order valence-corrected chi connectivity index (χ4v) is 3.26. The van der Waals surface area contributed by atoms with Gasteiger partial charge in [-0.3, -0.25) is 9.48 Å². The highest BCUT2D eigenvalue weighted by atomic mass is 35.5. The number of benzene rings is 2. The molecule has 1 atom stereocenters. The van der Waals surface area contributed by atoms with Crippen molar-refractivity contribution in [2.24, 2.45) is 0 Å². The highest BCUT2D eigenvalue weighted by Crippen LogP contribution is 2.27. The van der Waals surface area contributed by atoms with Crippen LogP contribution in [-0.2, 0) is 24.4 Å². The number of aromatic nitrogens is 2. The average molecular weight is 398 g/mol. The van der Waals surface area contributed by atoms with Gasteiger partial charge in [0, 0.05) is 11.6 Å². The second kappa shape index (κ2) is 8.04. The Bertz CT molecular complexity index is 968. The first-order chi connectivity index (χ1) is 13.6. The first-order valence-corrected chi connectivity index (χ1v) is 9.35. The van der Waals surface area contributed by atoms with E-state index in [-0.39, 0.29) is 12.0 Å². The quantitative estimate of drug-likeness (QED) is 0.712. The lowest BCUT2D eigenvalue weighted by Crippen LogP contribution is -2.24. The van der Waals surface area contributed by atoms with Crippen LogP contribution in [0.3, 0.4) is 0 Å². The summed E-state index contributed by atoms with van der Waals surface area (Å²) in [4.78, 5) is 12.5. The van der Waals surface area contributed by atoms with Crippen LogP contribution >= 0.6 is 11.6 Å². The summed E-state index contributed by atoms with van der Waals surface area (Å²) >= 11 is 5.95. The van der Waals surface area contributed by atoms with Crippen LogP contribution in [0.2, 0.25) is 5.02 Å². The minimum Gasteiger partial charge on any atom is -0.497 e. The van der Waals surface area contributed by atoms with Crippen LogP contribution in [0.4, 0.5) is 0 Å². The van der Waals surface area contributed by atoms with Crippen LogP contribution in [0.1, 0.15) is 33.4 Å². The Hall–Kier alpha value is -2.83. The molecule has 0 spiro atoms. The number of ether oxygens (including phenoxy) is 2. The van der Waals surface area contributed by atoms with Crippen LogP contribution in [0.25, 0.3) is 0 Å². The average Bonchev–Trinajstić information content (AvgIpc) is 3.16. The number of carbonyl (C=O) groups is 1. The molecule has 1 aliphatic rings. The SMILES string of the molecule is COc1ccc(CNC(=O)c2cc3n(n2)C[C@H](c2ccc(Cl)cc2)OC3)cc1. The van der Waals surface area contributed by atoms with Crippen molar-refractivity contribution in [1.82, 2.24) is 15.1 Å². The first-order valence-electron chi connectivity index (χ1n) is 8.97. The molecular formula is C21H20ClN3O3. The monoisotopic (exact) mass is 397 g/mol. The second-order valence-corrected chi connectivity index (χ2v) is 7.02. The molecule has 0 unspecified atom stereocenters. The normalized spacial score (nSPS) is 15.7. The number of hydrogen-bond donors (Lipinski definition) is 1. The third-order valence-electron chi connectivity index (χ3n) is 4.72. The van der Waals surface area contributed by atoms with Gasteiger partial charge in [-0.1, -0.05) is 35.9 Å². The van der Waals surface area contributed by atoms with E-state index in [1.807, 2.05) is 53.2 Å². The summed E-state index contributed by atoms with van der Waals surface area (Å²) in [5, 5.41) is 8.05. The maximum absolute atomic E-state index is 12.5. The molecule has 0 aliphatic carbocycles. The minimum absolute atomic E-state index is 0.111. The smallest absolute Gasteiger partial charge is 0.272 e. The highest BCUT2D eigenvalue weighted by molar-refractivity contribution is 6.30. The van der Waals surface area contributed by atoms with E-state index < -0.39 is 0 Å². The van der Waals surface area contributed by atoms with Gasteiger partial charge in [0.05, 0.1) is 26.0 Å². The van der Waals surface area contributed by atoms with Gasteiger partial charge in [0.25, 0.3) is 5.91 Å². The van der Waals surface area contributed by atoms with E-state index in [4.69, 9.17) is 21.1 Å². The summed E-state index contributed by atoms with van der Waals surface area (Å²) in [7, 11) is 1.62. The zero-order valence-electron chi connectivity index (χ0n) is 15.4. The summed E-state index contributed by atoms with van der Waals surface area (Å²) < 4.78 is 12.9. The first kappa shape index (κ1) is 18.5. The molecule has 1 N–H and O–H groups in total. The summed E-state index contributed by atoms with van der Waals surface area (Å²) in [6, 6.07) is 16.9. The van der Waals surface area contributed by atoms with Gasteiger partial charge in [-0.05, 0) is 41.5 Å². The molecule has 7 heteroatoms. The Kier molecular flexibility index (Phi) is 5.32. The Morgan fingerprint density at radius 1 is 1.25 bits per heavy atom. The molecular weight excluding hydrogens is 378 g/mol. The zero-order valence-corrected chi connectivity index (χ0v) is 16.1. The fraction of sp³-hybridized carbons (Fsp3) is 0.238. The summed E-state index contributed by atoms with van der Waals surface area (Å²) in [5.41, 5.74) is 3.31. The Balaban J connectivity index is 1.40. The molecule has 0 radical (unpaired) electrons. The predicted molar refractivity (Wildman–Crippen MR) is 105 cm³/mol. The molecule has 0 saturated heterocycles. The maximum atomic E-state index is 12.5. The third kappa shape index (κ3) is 4.03. The molecule has 144 valence electrons. The van der Waals surface area contributed by atoms with Gasteiger partial charge in [0.2, 0.25) is 0 Å². The lowest BCUT2D eigenvalue weighted by Gasteiger charge is -2.24. The Labute approximate surface area is 168 Å². The van der Waals surface area contributed by atoms with E-state index >= 15 is 0 Å². The van der Waals surface area contributed by atoms with Crippen molar-refractivity contribution in [3.63, 3.8) is 0 Å². The molecule has 1 amide bonds. The van der Waals surface area contributed by atoms with Gasteiger partial charge in [-0.15, -0.1) is 0 Å². The maximum Gasteiger partial charge on any atom is 0.272 e. The molecule has 0 saturated carbocycles. The standard InChI is InChI=1S/C21H20ClN3O3/c1-27-18-8-2-14(3-9-18)11-23-21(26)19-10-17-13-28-20(12-25(17)24-19)15-4-6-16(22)7-5-15/h2-10,20H,11-13H2,1H3,(H,23,26)/t20-/m1/s1. The Morgan fingerprint density at radius 2 is 2.00 bits per heavy atom. The number of carbonyl (C=O) groups excluding carboxylic acids is 1. The molecule has 6 nitrogen and oxygen atoms in total. The molecule has 0 bridgehead atoms. The van der Waals surface area contributed by atoms with Crippen molar-refractivity contribution in [2.75, 3.05) is 7.11 Å². The van der Waals surface area contributed by atoms with Gasteiger partial charge in [-0.25, -0.2) is 0 Å². The van der Waals surface area contributed by atoms with E-state index in [1.54, 1.807) is 13.2 Å². The third-order valence-corrected chi connectivity index (χ3v) is 4.97. The van der Waals surface area contributed by atoms with E-state index in [2.05, 4.69) is 10.4 Å². The number of rotatable bonds is 5. The van der Waals surface area contributed by atoms with Gasteiger partial charge in [0.15, 0.2) is 5.69 Å². The molecule has 2 heterocycles. The number of fused-ring (bicyclic) bond motifs is 1. The molecule has 28 heavy (non-hydrogen) atoms. The van der Waals surface area contributed by atoms with Crippen LogP contribution in [0, 0.1) is 0 Å².